The first-order valence-electron chi connectivity index (χ1n) is 12.6. The van der Waals surface area contributed by atoms with E-state index >= 15 is 0 Å². The van der Waals surface area contributed by atoms with Crippen molar-refractivity contribution >= 4 is 38.8 Å². The Labute approximate surface area is 228 Å². The van der Waals surface area contributed by atoms with Gasteiger partial charge in [-0.3, -0.25) is 4.79 Å². The SMILES string of the molecule is CC/C=C(\Cc1ncccn1)Nc1nnc([C@H]2CCCC(c3nnc(NC(=O)Cc4ncccn4)s3)C2)s1. The summed E-state index contributed by atoms with van der Waals surface area (Å²) >= 11 is 3.04. The third kappa shape index (κ3) is 6.98. The van der Waals surface area contributed by atoms with Crippen LogP contribution in [0, 0.1) is 0 Å². The highest BCUT2D eigenvalue weighted by atomic mass is 32.1. The van der Waals surface area contributed by atoms with E-state index < -0.39 is 0 Å². The maximum atomic E-state index is 12.3. The van der Waals surface area contributed by atoms with E-state index in [-0.39, 0.29) is 18.2 Å². The normalized spacial score (nSPS) is 17.8. The Balaban J connectivity index is 1.18. The molecule has 0 aliphatic heterocycles. The van der Waals surface area contributed by atoms with Crippen molar-refractivity contribution in [3.05, 3.63) is 70.4 Å². The van der Waals surface area contributed by atoms with Gasteiger partial charge in [-0.1, -0.05) is 42.1 Å². The molecule has 0 aromatic carbocycles. The minimum absolute atomic E-state index is 0.0994. The summed E-state index contributed by atoms with van der Waals surface area (Å²) in [4.78, 5) is 29.2. The van der Waals surface area contributed by atoms with Crippen LogP contribution in [0.4, 0.5) is 10.3 Å². The Morgan fingerprint density at radius 3 is 1.97 bits per heavy atom. The Morgan fingerprint density at radius 1 is 0.842 bits per heavy atom. The largest absolute Gasteiger partial charge is 0.334 e. The number of anilines is 2. The van der Waals surface area contributed by atoms with Crippen LogP contribution >= 0.6 is 22.7 Å². The first-order valence-corrected chi connectivity index (χ1v) is 14.2. The molecular weight excluding hydrogens is 520 g/mol. The van der Waals surface area contributed by atoms with E-state index in [1.54, 1.807) is 42.2 Å². The number of carbonyl (C=O) groups is 1. The standard InChI is InChI=1S/C25H28N10OS2/c1-2-6-18(14-19-26-9-4-10-27-19)30-24-34-32-22(37-24)16-7-3-8-17(13-16)23-33-35-25(38-23)31-21(36)15-20-28-11-5-12-29-20/h4-6,9-12,16-17H,2-3,7-8,13-15H2,1H3,(H,30,34)(H,31,35,36)/b18-6+/t16-,17?/m0/s1. The maximum Gasteiger partial charge on any atom is 0.233 e. The number of nitrogens with zero attached hydrogens (tertiary/aromatic N) is 8. The van der Waals surface area contributed by atoms with Crippen LogP contribution in [-0.2, 0) is 17.6 Å². The zero-order valence-electron chi connectivity index (χ0n) is 20.9. The van der Waals surface area contributed by atoms with Gasteiger partial charge in [-0.05, 0) is 37.8 Å². The van der Waals surface area contributed by atoms with Gasteiger partial charge in [0.15, 0.2) is 0 Å². The molecule has 1 amide bonds. The summed E-state index contributed by atoms with van der Waals surface area (Å²) in [6.07, 6.45) is 14.6. The average Bonchev–Trinajstić information content (AvgIpc) is 3.60. The number of amides is 1. The zero-order chi connectivity index (χ0) is 26.2. The van der Waals surface area contributed by atoms with Gasteiger partial charge in [0, 0.05) is 48.7 Å². The van der Waals surface area contributed by atoms with Gasteiger partial charge < -0.3 is 10.6 Å². The Hall–Kier alpha value is -3.71. The zero-order valence-corrected chi connectivity index (χ0v) is 22.6. The third-order valence-electron chi connectivity index (χ3n) is 6.12. The lowest BCUT2D eigenvalue weighted by Crippen LogP contribution is -2.15. The van der Waals surface area contributed by atoms with Gasteiger partial charge in [-0.25, -0.2) is 19.9 Å². The van der Waals surface area contributed by atoms with Crippen molar-refractivity contribution < 1.29 is 4.79 Å². The van der Waals surface area contributed by atoms with Crippen LogP contribution in [0.15, 0.2) is 48.7 Å². The molecule has 1 aliphatic rings. The smallest absolute Gasteiger partial charge is 0.233 e. The molecule has 1 unspecified atom stereocenters. The van der Waals surface area contributed by atoms with E-state index in [1.807, 2.05) is 6.07 Å². The topological polar surface area (TPSA) is 144 Å². The highest BCUT2D eigenvalue weighted by Crippen LogP contribution is 2.43. The van der Waals surface area contributed by atoms with E-state index in [1.165, 1.54) is 11.3 Å². The molecule has 5 rings (SSSR count). The maximum absolute atomic E-state index is 12.3. The quantitative estimate of drug-likeness (QED) is 0.290. The molecule has 2 N–H and O–H groups in total. The second kappa shape index (κ2) is 12.7. The Kier molecular flexibility index (Phi) is 8.66. The van der Waals surface area contributed by atoms with Crippen molar-refractivity contribution in [1.29, 1.82) is 0 Å². The first-order chi connectivity index (χ1) is 18.7. The minimum Gasteiger partial charge on any atom is -0.334 e. The van der Waals surface area contributed by atoms with Gasteiger partial charge in [0.25, 0.3) is 0 Å². The summed E-state index contributed by atoms with van der Waals surface area (Å²) in [5.74, 6) is 1.63. The van der Waals surface area contributed by atoms with Crippen molar-refractivity contribution in [3.8, 4) is 0 Å². The van der Waals surface area contributed by atoms with E-state index in [0.717, 1.165) is 58.8 Å². The fourth-order valence-corrected chi connectivity index (χ4v) is 6.24. The molecule has 13 heteroatoms. The van der Waals surface area contributed by atoms with Crippen molar-refractivity contribution in [2.24, 2.45) is 0 Å². The highest BCUT2D eigenvalue weighted by molar-refractivity contribution is 7.15. The highest BCUT2D eigenvalue weighted by Gasteiger charge is 2.29. The van der Waals surface area contributed by atoms with E-state index in [2.05, 4.69) is 64.0 Å². The summed E-state index contributed by atoms with van der Waals surface area (Å²) in [5, 5.41) is 27.0. The van der Waals surface area contributed by atoms with E-state index in [4.69, 9.17) is 0 Å². The average molecular weight is 549 g/mol. The van der Waals surface area contributed by atoms with Gasteiger partial charge in [-0.2, -0.15) is 0 Å². The third-order valence-corrected chi connectivity index (χ3v) is 8.13. The fourth-order valence-electron chi connectivity index (χ4n) is 4.41. The van der Waals surface area contributed by atoms with Gasteiger partial charge in [0.05, 0.1) is 6.42 Å². The predicted octanol–water partition coefficient (Wildman–Crippen LogP) is 4.54. The summed E-state index contributed by atoms with van der Waals surface area (Å²) < 4.78 is 0. The van der Waals surface area contributed by atoms with Gasteiger partial charge in [-0.15, -0.1) is 20.4 Å². The summed E-state index contributed by atoms with van der Waals surface area (Å²) in [6, 6.07) is 3.53. The Bertz CT molecular complexity index is 1360. The molecule has 0 spiro atoms. The lowest BCUT2D eigenvalue weighted by molar-refractivity contribution is -0.115. The van der Waals surface area contributed by atoms with Crippen molar-refractivity contribution in [2.45, 2.75) is 63.7 Å². The molecule has 4 heterocycles. The number of aromatic nitrogens is 8. The summed E-state index contributed by atoms with van der Waals surface area (Å²) in [5.41, 5.74) is 1.02. The van der Waals surface area contributed by atoms with Crippen LogP contribution in [0.2, 0.25) is 0 Å². The summed E-state index contributed by atoms with van der Waals surface area (Å²) in [7, 11) is 0. The molecule has 0 saturated heterocycles. The molecule has 4 aromatic rings. The molecule has 0 radical (unpaired) electrons. The molecular formula is C25H28N10OS2. The number of rotatable bonds is 10. The van der Waals surface area contributed by atoms with Crippen molar-refractivity contribution in [1.82, 2.24) is 40.3 Å². The molecule has 1 saturated carbocycles. The summed E-state index contributed by atoms with van der Waals surface area (Å²) in [6.45, 7) is 2.10. The molecule has 38 heavy (non-hydrogen) atoms. The molecule has 196 valence electrons. The molecule has 1 aliphatic carbocycles. The first kappa shape index (κ1) is 25.9. The monoisotopic (exact) mass is 548 g/mol. The fraction of sp³-hybridized carbons (Fsp3) is 0.400. The van der Waals surface area contributed by atoms with Gasteiger partial charge in [0.1, 0.15) is 21.7 Å². The lowest BCUT2D eigenvalue weighted by Gasteiger charge is -2.25. The molecule has 11 nitrogen and oxygen atoms in total. The second-order valence-corrected chi connectivity index (χ2v) is 11.0. The van der Waals surface area contributed by atoms with Crippen LogP contribution in [0.1, 0.15) is 72.5 Å². The molecule has 1 fully saturated rings. The number of nitrogens with one attached hydrogen (secondary N) is 2. The van der Waals surface area contributed by atoms with E-state index in [0.29, 0.717) is 23.3 Å². The second-order valence-electron chi connectivity index (χ2n) is 8.95. The molecule has 2 atom stereocenters. The van der Waals surface area contributed by atoms with Crippen molar-refractivity contribution in [3.63, 3.8) is 0 Å². The van der Waals surface area contributed by atoms with Gasteiger partial charge in [0.2, 0.25) is 16.2 Å². The predicted molar refractivity (Wildman–Crippen MR) is 146 cm³/mol. The molecule has 4 aromatic heterocycles. The minimum atomic E-state index is -0.204. The number of carbonyl (C=O) groups excluding carboxylic acids is 1. The Morgan fingerprint density at radius 2 is 1.39 bits per heavy atom. The van der Waals surface area contributed by atoms with Crippen LogP contribution in [-0.4, -0.2) is 46.2 Å². The van der Waals surface area contributed by atoms with Crippen LogP contribution in [0.5, 0.6) is 0 Å². The van der Waals surface area contributed by atoms with Crippen LogP contribution in [0.25, 0.3) is 0 Å². The lowest BCUT2D eigenvalue weighted by atomic mass is 9.82. The van der Waals surface area contributed by atoms with E-state index in [9.17, 15) is 4.79 Å². The number of hydrogen-bond donors (Lipinski definition) is 2. The van der Waals surface area contributed by atoms with Crippen LogP contribution in [0.3, 0.4) is 0 Å². The molecule has 0 bridgehead atoms. The number of hydrogen-bond acceptors (Lipinski definition) is 12. The number of allylic oxidation sites excluding steroid dienone is 2. The van der Waals surface area contributed by atoms with Crippen LogP contribution < -0.4 is 10.6 Å². The van der Waals surface area contributed by atoms with Crippen molar-refractivity contribution in [2.75, 3.05) is 10.6 Å². The van der Waals surface area contributed by atoms with Gasteiger partial charge >= 0.3 is 0 Å².